The summed E-state index contributed by atoms with van der Waals surface area (Å²) in [5.74, 6) is 0.347. The van der Waals surface area contributed by atoms with Gasteiger partial charge in [0.05, 0.1) is 16.0 Å². The highest BCUT2D eigenvalue weighted by Crippen LogP contribution is 2.24. The topological polar surface area (TPSA) is 59.1 Å². The van der Waals surface area contributed by atoms with Gasteiger partial charge in [-0.15, -0.1) is 11.3 Å². The lowest BCUT2D eigenvalue weighted by Gasteiger charge is -2.30. The molecule has 0 spiro atoms. The number of rotatable bonds is 6. The van der Waals surface area contributed by atoms with Crippen LogP contribution in [0.15, 0.2) is 11.6 Å². The maximum Gasteiger partial charge on any atom is 0.154 e. The summed E-state index contributed by atoms with van der Waals surface area (Å²) in [7, 11) is -2.94. The van der Waals surface area contributed by atoms with Gasteiger partial charge in [0.1, 0.15) is 0 Å². The van der Waals surface area contributed by atoms with Gasteiger partial charge < -0.3 is 5.32 Å². The molecule has 2 atom stereocenters. The van der Waals surface area contributed by atoms with Crippen LogP contribution in [-0.2, 0) is 16.3 Å². The normalized spacial score (nSPS) is 24.2. The van der Waals surface area contributed by atoms with Crippen LogP contribution in [0, 0.1) is 0 Å². The van der Waals surface area contributed by atoms with Crippen LogP contribution in [0.1, 0.15) is 37.6 Å². The number of hydrogen-bond donors (Lipinski definition) is 1. The molecule has 2 unspecified atom stereocenters. The zero-order valence-electron chi connectivity index (χ0n) is 11.3. The van der Waals surface area contributed by atoms with E-state index in [2.05, 4.69) is 17.2 Å². The second-order valence-corrected chi connectivity index (χ2v) is 8.41. The van der Waals surface area contributed by atoms with Crippen molar-refractivity contribution < 1.29 is 8.42 Å². The first-order valence-electron chi connectivity index (χ1n) is 6.97. The molecule has 1 fully saturated rings. The first-order valence-corrected chi connectivity index (χ1v) is 9.56. The molecule has 108 valence electrons. The van der Waals surface area contributed by atoms with Crippen molar-refractivity contribution >= 4 is 21.2 Å². The van der Waals surface area contributed by atoms with E-state index in [4.69, 9.17) is 0 Å². The van der Waals surface area contributed by atoms with Crippen molar-refractivity contribution in [1.29, 1.82) is 0 Å². The van der Waals surface area contributed by atoms with E-state index in [-0.39, 0.29) is 11.3 Å². The van der Waals surface area contributed by atoms with Crippen LogP contribution in [0.3, 0.4) is 0 Å². The molecule has 0 radical (unpaired) electrons. The smallest absolute Gasteiger partial charge is 0.154 e. The Hall–Kier alpha value is -0.460. The van der Waals surface area contributed by atoms with Gasteiger partial charge in [-0.25, -0.2) is 13.4 Å². The van der Waals surface area contributed by atoms with Gasteiger partial charge >= 0.3 is 0 Å². The summed E-state index contributed by atoms with van der Waals surface area (Å²) in [6.45, 7) is 2.96. The molecule has 19 heavy (non-hydrogen) atoms. The Morgan fingerprint density at radius 3 is 3.00 bits per heavy atom. The first-order chi connectivity index (χ1) is 9.13. The first kappa shape index (κ1) is 14.9. The van der Waals surface area contributed by atoms with Crippen LogP contribution in [0.25, 0.3) is 0 Å². The zero-order chi connectivity index (χ0) is 13.7. The number of nitrogens with one attached hydrogen (secondary N) is 1. The van der Waals surface area contributed by atoms with Crippen LogP contribution < -0.4 is 5.32 Å². The maximum atomic E-state index is 12.3. The molecular weight excluding hydrogens is 280 g/mol. The largest absolute Gasteiger partial charge is 0.312 e. The van der Waals surface area contributed by atoms with E-state index >= 15 is 0 Å². The molecule has 6 heteroatoms. The molecule has 1 aromatic heterocycles. The van der Waals surface area contributed by atoms with Crippen LogP contribution in [0.2, 0.25) is 0 Å². The van der Waals surface area contributed by atoms with Crippen LogP contribution >= 0.6 is 11.3 Å². The van der Waals surface area contributed by atoms with E-state index in [0.29, 0.717) is 5.75 Å². The molecule has 0 amide bonds. The molecule has 1 saturated heterocycles. The van der Waals surface area contributed by atoms with Gasteiger partial charge in [-0.2, -0.15) is 0 Å². The van der Waals surface area contributed by atoms with E-state index in [0.717, 1.165) is 43.7 Å². The van der Waals surface area contributed by atoms with Crippen molar-refractivity contribution in [1.82, 2.24) is 10.3 Å². The van der Waals surface area contributed by atoms with Crippen molar-refractivity contribution in [2.75, 3.05) is 12.3 Å². The van der Waals surface area contributed by atoms with Gasteiger partial charge in [0.15, 0.2) is 9.84 Å². The average Bonchev–Trinajstić information content (AvgIpc) is 2.87. The van der Waals surface area contributed by atoms with Crippen LogP contribution in [0.5, 0.6) is 0 Å². The fourth-order valence-electron chi connectivity index (χ4n) is 2.64. The molecular formula is C13H22N2O2S2. The zero-order valence-corrected chi connectivity index (χ0v) is 13.0. The second-order valence-electron chi connectivity index (χ2n) is 5.09. The van der Waals surface area contributed by atoms with E-state index in [1.165, 1.54) is 0 Å². The minimum absolute atomic E-state index is 0.0106. The third-order valence-electron chi connectivity index (χ3n) is 3.61. The third-order valence-corrected chi connectivity index (χ3v) is 6.76. The van der Waals surface area contributed by atoms with Crippen molar-refractivity contribution in [2.24, 2.45) is 0 Å². The van der Waals surface area contributed by atoms with E-state index in [9.17, 15) is 8.42 Å². The van der Waals surface area contributed by atoms with E-state index < -0.39 is 9.84 Å². The Labute approximate surface area is 119 Å². The van der Waals surface area contributed by atoms with Crippen molar-refractivity contribution in [3.8, 4) is 0 Å². The lowest BCUT2D eigenvalue weighted by Crippen LogP contribution is -2.48. The van der Waals surface area contributed by atoms with Gasteiger partial charge in [0, 0.05) is 24.0 Å². The van der Waals surface area contributed by atoms with Gasteiger partial charge in [0.25, 0.3) is 0 Å². The molecule has 0 saturated carbocycles. The van der Waals surface area contributed by atoms with Crippen LogP contribution in [-0.4, -0.2) is 37.0 Å². The van der Waals surface area contributed by atoms with Gasteiger partial charge in [-0.05, 0) is 25.8 Å². The summed E-state index contributed by atoms with van der Waals surface area (Å²) in [4.78, 5) is 4.29. The molecule has 1 aliphatic heterocycles. The monoisotopic (exact) mass is 302 g/mol. The molecule has 0 aromatic carbocycles. The van der Waals surface area contributed by atoms with Crippen molar-refractivity contribution in [3.05, 3.63) is 16.6 Å². The Morgan fingerprint density at radius 2 is 2.37 bits per heavy atom. The Bertz CT molecular complexity index is 471. The number of nitrogens with zero attached hydrogens (tertiary/aromatic N) is 1. The predicted octanol–water partition coefficient (Wildman–Crippen LogP) is 2.02. The number of aromatic nitrogens is 1. The van der Waals surface area contributed by atoms with Crippen molar-refractivity contribution in [3.63, 3.8) is 0 Å². The minimum Gasteiger partial charge on any atom is -0.312 e. The third kappa shape index (κ3) is 4.00. The summed E-state index contributed by atoms with van der Waals surface area (Å²) in [5, 5.41) is 6.15. The molecule has 4 nitrogen and oxygen atoms in total. The molecule has 2 rings (SSSR count). The fourth-order valence-corrected chi connectivity index (χ4v) is 5.44. The van der Waals surface area contributed by atoms with E-state index in [1.54, 1.807) is 17.5 Å². The van der Waals surface area contributed by atoms with Crippen LogP contribution in [0.4, 0.5) is 0 Å². The number of thiazole rings is 1. The minimum atomic E-state index is -2.94. The Kier molecular flexibility index (Phi) is 5.36. The van der Waals surface area contributed by atoms with Gasteiger partial charge in [-0.3, -0.25) is 0 Å². The average molecular weight is 302 g/mol. The quantitative estimate of drug-likeness (QED) is 0.873. The van der Waals surface area contributed by atoms with E-state index in [1.807, 2.05) is 5.38 Å². The SMILES string of the molecule is CCCNC(Cc1nccs1)C1CCCCS1(=O)=O. The lowest BCUT2D eigenvalue weighted by atomic mass is 10.0. The standard InChI is InChI=1S/C13H22N2O2S2/c1-2-6-14-11(10-13-15-7-8-18-13)12-5-3-4-9-19(12,16)17/h7-8,11-12,14H,2-6,9-10H2,1H3. The molecule has 0 bridgehead atoms. The predicted molar refractivity (Wildman–Crippen MR) is 79.3 cm³/mol. The van der Waals surface area contributed by atoms with Gasteiger partial charge in [0.2, 0.25) is 0 Å². The van der Waals surface area contributed by atoms with Gasteiger partial charge in [-0.1, -0.05) is 13.3 Å². The Morgan fingerprint density at radius 1 is 1.53 bits per heavy atom. The number of hydrogen-bond acceptors (Lipinski definition) is 5. The summed E-state index contributed by atoms with van der Waals surface area (Å²) in [6.07, 6.45) is 6.15. The molecule has 1 N–H and O–H groups in total. The summed E-state index contributed by atoms with van der Waals surface area (Å²) in [6, 6.07) is 0.0106. The highest BCUT2D eigenvalue weighted by Gasteiger charge is 2.35. The molecule has 0 aliphatic carbocycles. The fraction of sp³-hybridized carbons (Fsp3) is 0.769. The molecule has 1 aliphatic rings. The number of sulfone groups is 1. The second kappa shape index (κ2) is 6.81. The Balaban J connectivity index is 2.11. The molecule has 1 aromatic rings. The highest BCUT2D eigenvalue weighted by atomic mass is 32.2. The maximum absolute atomic E-state index is 12.3. The molecule has 2 heterocycles. The summed E-state index contributed by atoms with van der Waals surface area (Å²) in [5.41, 5.74) is 0. The lowest BCUT2D eigenvalue weighted by molar-refractivity contribution is 0.433. The summed E-state index contributed by atoms with van der Waals surface area (Å²) < 4.78 is 24.5. The van der Waals surface area contributed by atoms with Crippen molar-refractivity contribution in [2.45, 2.75) is 50.3 Å². The highest BCUT2D eigenvalue weighted by molar-refractivity contribution is 7.92. The summed E-state index contributed by atoms with van der Waals surface area (Å²) >= 11 is 1.60.